The van der Waals surface area contributed by atoms with E-state index in [1.165, 1.54) is 12.1 Å². The van der Waals surface area contributed by atoms with Gasteiger partial charge in [0.2, 0.25) is 0 Å². The van der Waals surface area contributed by atoms with Crippen LogP contribution in [0.2, 0.25) is 0 Å². The van der Waals surface area contributed by atoms with Crippen LogP contribution in [0.15, 0.2) is 24.3 Å². The van der Waals surface area contributed by atoms with Crippen molar-refractivity contribution in [2.45, 2.75) is 11.2 Å². The number of hydrogen-bond acceptors (Lipinski definition) is 0. The zero-order chi connectivity index (χ0) is 9.19. The number of halogens is 4. The van der Waals surface area contributed by atoms with Gasteiger partial charge in [-0.05, 0) is 0 Å². The summed E-state index contributed by atoms with van der Waals surface area (Å²) in [4.78, 5) is 0. The summed E-state index contributed by atoms with van der Waals surface area (Å²) < 4.78 is 36.3. The summed E-state index contributed by atoms with van der Waals surface area (Å²) in [5, 5.41) is 0.754. The number of rotatable bonds is 1. The molecule has 0 saturated heterocycles. The van der Waals surface area contributed by atoms with Gasteiger partial charge in [0.1, 0.15) is 0 Å². The minimum Gasteiger partial charge on any atom is -1.00 e. The van der Waals surface area contributed by atoms with Crippen LogP contribution < -0.4 is 17.0 Å². The summed E-state index contributed by atoms with van der Waals surface area (Å²) in [6, 6.07) is 5.48. The zero-order valence-corrected chi connectivity index (χ0v) is 11.3. The Bertz CT molecular complexity index is 272. The van der Waals surface area contributed by atoms with Crippen molar-refractivity contribution < 1.29 is 48.5 Å². The molecule has 0 saturated carbocycles. The van der Waals surface area contributed by atoms with Crippen LogP contribution in [0.3, 0.4) is 0 Å². The van der Waals surface area contributed by atoms with Crippen LogP contribution in [0.5, 0.6) is 0 Å². The van der Waals surface area contributed by atoms with Crippen molar-refractivity contribution in [3.8, 4) is 0 Å². The van der Waals surface area contributed by atoms with E-state index in [4.69, 9.17) is 0 Å². The molecular formula is C8H6BrF3Zn. The number of benzene rings is 1. The van der Waals surface area contributed by atoms with Gasteiger partial charge in [-0.25, -0.2) is 0 Å². The average Bonchev–Trinajstić information content (AvgIpc) is 2.03. The molecule has 0 aliphatic heterocycles. The van der Waals surface area contributed by atoms with Gasteiger partial charge in [-0.15, -0.1) is 0 Å². The smallest absolute Gasteiger partial charge is 1.00 e. The normalized spacial score (nSPS) is 10.8. The van der Waals surface area contributed by atoms with Crippen LogP contribution in [0.4, 0.5) is 13.2 Å². The Morgan fingerprint density at radius 2 is 1.85 bits per heavy atom. The van der Waals surface area contributed by atoms with Gasteiger partial charge in [-0.3, -0.25) is 0 Å². The van der Waals surface area contributed by atoms with Gasteiger partial charge in [-0.2, -0.15) is 0 Å². The predicted molar refractivity (Wildman–Crippen MR) is 35.1 cm³/mol. The zero-order valence-electron chi connectivity index (χ0n) is 6.74. The Kier molecular flexibility index (Phi) is 5.15. The standard InChI is InChI=1S/C8H6F3.BrH.Zn/c1-6-3-2-4-7(5-6)8(9,10)11;;/h2-5H,1H2;1H;/q;;+1/p-1. The van der Waals surface area contributed by atoms with Crippen molar-refractivity contribution in [1.29, 1.82) is 0 Å². The molecule has 0 bridgehead atoms. The minimum atomic E-state index is -4.20. The maximum atomic E-state index is 12.1. The van der Waals surface area contributed by atoms with E-state index in [0.717, 1.165) is 34.9 Å². The van der Waals surface area contributed by atoms with E-state index in [2.05, 4.69) is 0 Å². The molecule has 0 fully saturated rings. The summed E-state index contributed by atoms with van der Waals surface area (Å²) in [7, 11) is 0. The first kappa shape index (κ1) is 13.1. The summed E-state index contributed by atoms with van der Waals surface area (Å²) in [6.45, 7) is 0. The van der Waals surface area contributed by atoms with E-state index in [9.17, 15) is 13.2 Å². The first-order valence-corrected chi connectivity index (χ1v) is 5.59. The maximum Gasteiger partial charge on any atom is -1.00 e. The molecule has 0 spiro atoms. The van der Waals surface area contributed by atoms with Gasteiger partial charge < -0.3 is 17.0 Å². The largest absolute Gasteiger partial charge is 1.00 e. The first-order valence-electron chi connectivity index (χ1n) is 3.49. The van der Waals surface area contributed by atoms with E-state index in [1.807, 2.05) is 0 Å². The molecule has 1 rings (SSSR count). The topological polar surface area (TPSA) is 0 Å². The Hall–Kier alpha value is 0.113. The molecule has 0 radical (unpaired) electrons. The second-order valence-electron chi connectivity index (χ2n) is 2.45. The van der Waals surface area contributed by atoms with E-state index in [1.54, 1.807) is 6.07 Å². The van der Waals surface area contributed by atoms with Gasteiger partial charge in [-0.1, -0.05) is 0 Å². The molecule has 0 N–H and O–H groups in total. The van der Waals surface area contributed by atoms with E-state index in [0.29, 0.717) is 0 Å². The molecule has 68 valence electrons. The summed E-state index contributed by atoms with van der Waals surface area (Å²) >= 11 is 0.987. The molecule has 0 amide bonds. The third kappa shape index (κ3) is 3.78. The molecule has 0 heterocycles. The second-order valence-corrected chi connectivity index (χ2v) is 3.50. The molecule has 5 heteroatoms. The van der Waals surface area contributed by atoms with Crippen LogP contribution in [-0.2, 0) is 29.5 Å². The predicted octanol–water partition coefficient (Wildman–Crippen LogP) is -0.244. The Balaban J connectivity index is 0.00000144. The minimum absolute atomic E-state index is 0. The summed E-state index contributed by atoms with van der Waals surface area (Å²) in [5.41, 5.74) is 0.221. The molecule has 0 aliphatic carbocycles. The van der Waals surface area contributed by atoms with Gasteiger partial charge in [0.15, 0.2) is 0 Å². The van der Waals surface area contributed by atoms with Gasteiger partial charge in [0, 0.05) is 0 Å². The van der Waals surface area contributed by atoms with E-state index in [-0.39, 0.29) is 17.0 Å². The molecule has 0 unspecified atom stereocenters. The third-order valence-electron chi connectivity index (χ3n) is 1.54. The molecule has 0 atom stereocenters. The van der Waals surface area contributed by atoms with E-state index >= 15 is 0 Å². The Morgan fingerprint density at radius 1 is 1.23 bits per heavy atom. The molecule has 0 aliphatic rings. The monoisotopic (exact) mass is 302 g/mol. The Morgan fingerprint density at radius 3 is 2.31 bits per heavy atom. The maximum absolute atomic E-state index is 12.1. The van der Waals surface area contributed by atoms with Gasteiger partial charge in [0.25, 0.3) is 0 Å². The van der Waals surface area contributed by atoms with Crippen LogP contribution in [0, 0.1) is 0 Å². The number of alkyl halides is 3. The van der Waals surface area contributed by atoms with E-state index < -0.39 is 11.7 Å². The molecular weight excluding hydrogens is 298 g/mol. The first-order chi connectivity index (χ1) is 5.54. The summed E-state index contributed by atoms with van der Waals surface area (Å²) in [6.07, 6.45) is -4.20. The fourth-order valence-electron chi connectivity index (χ4n) is 0.903. The van der Waals surface area contributed by atoms with Crippen molar-refractivity contribution in [2.24, 2.45) is 0 Å². The van der Waals surface area contributed by atoms with Gasteiger partial charge >= 0.3 is 78.1 Å². The Labute approximate surface area is 95.0 Å². The van der Waals surface area contributed by atoms with Crippen molar-refractivity contribution in [1.82, 2.24) is 0 Å². The van der Waals surface area contributed by atoms with Crippen molar-refractivity contribution in [3.05, 3.63) is 35.4 Å². The molecule has 1 aromatic rings. The quantitative estimate of drug-likeness (QED) is 0.628. The molecule has 0 aromatic heterocycles. The molecule has 0 nitrogen and oxygen atoms in total. The second kappa shape index (κ2) is 5.11. The molecule has 1 aromatic carbocycles. The van der Waals surface area contributed by atoms with Crippen molar-refractivity contribution >= 4 is 0 Å². The van der Waals surface area contributed by atoms with Crippen molar-refractivity contribution in [2.75, 3.05) is 0 Å². The SMILES string of the molecule is FC(F)(F)c1cccc([CH2][Zn+])c1.[Br-]. The average molecular weight is 304 g/mol. The molecule has 13 heavy (non-hydrogen) atoms. The summed E-state index contributed by atoms with van der Waals surface area (Å²) in [5.74, 6) is 0. The van der Waals surface area contributed by atoms with Gasteiger partial charge in [0.05, 0.1) is 0 Å². The van der Waals surface area contributed by atoms with Crippen LogP contribution in [0.1, 0.15) is 11.1 Å². The van der Waals surface area contributed by atoms with Crippen LogP contribution >= 0.6 is 0 Å². The third-order valence-corrected chi connectivity index (χ3v) is 2.75. The number of hydrogen-bond donors (Lipinski definition) is 0. The van der Waals surface area contributed by atoms with Crippen LogP contribution in [-0.4, -0.2) is 0 Å². The fraction of sp³-hybridized carbons (Fsp3) is 0.250. The van der Waals surface area contributed by atoms with Crippen molar-refractivity contribution in [3.63, 3.8) is 0 Å². The fourth-order valence-corrected chi connectivity index (χ4v) is 1.56. The van der Waals surface area contributed by atoms with Crippen LogP contribution in [0.25, 0.3) is 0 Å².